The number of nitrogens with one attached hydrogen (secondary N) is 1. The molecule has 1 unspecified atom stereocenters. The Morgan fingerprint density at radius 2 is 1.95 bits per heavy atom. The van der Waals surface area contributed by atoms with Gasteiger partial charge in [0.15, 0.2) is 0 Å². The summed E-state index contributed by atoms with van der Waals surface area (Å²) >= 11 is 0. The van der Waals surface area contributed by atoms with Gasteiger partial charge in [-0.2, -0.15) is 0 Å². The number of aromatic nitrogens is 1. The van der Waals surface area contributed by atoms with Gasteiger partial charge in [-0.3, -0.25) is 9.78 Å². The van der Waals surface area contributed by atoms with Crippen molar-refractivity contribution in [1.82, 2.24) is 4.98 Å². The summed E-state index contributed by atoms with van der Waals surface area (Å²) in [6.45, 7) is 3.95. The van der Waals surface area contributed by atoms with E-state index in [1.807, 2.05) is 31.2 Å². The first kappa shape index (κ1) is 13.1. The Morgan fingerprint density at radius 3 is 2.58 bits per heavy atom. The van der Waals surface area contributed by atoms with Crippen LogP contribution in [0.1, 0.15) is 34.5 Å². The lowest BCUT2D eigenvalue weighted by molar-refractivity contribution is 0.1000. The SMILES string of the molecule is Cc1c(NC(C)c2ccncc2)cccc1C(N)=O. The van der Waals surface area contributed by atoms with Crippen molar-refractivity contribution >= 4 is 11.6 Å². The van der Waals surface area contributed by atoms with E-state index in [2.05, 4.69) is 17.2 Å². The number of nitrogens with two attached hydrogens (primary N) is 1. The number of pyridine rings is 1. The molecule has 0 saturated carbocycles. The molecule has 1 aromatic carbocycles. The molecule has 19 heavy (non-hydrogen) atoms. The molecule has 0 aliphatic carbocycles. The Bertz CT molecular complexity index is 581. The van der Waals surface area contributed by atoms with Gasteiger partial charge in [0, 0.05) is 29.7 Å². The molecule has 4 heteroatoms. The number of nitrogens with zero attached hydrogens (tertiary/aromatic N) is 1. The van der Waals surface area contributed by atoms with Gasteiger partial charge in [0.2, 0.25) is 5.91 Å². The van der Waals surface area contributed by atoms with Crippen LogP contribution < -0.4 is 11.1 Å². The normalized spacial score (nSPS) is 11.9. The van der Waals surface area contributed by atoms with E-state index in [1.165, 1.54) is 0 Å². The number of amides is 1. The highest BCUT2D eigenvalue weighted by Gasteiger charge is 2.11. The summed E-state index contributed by atoms with van der Waals surface area (Å²) < 4.78 is 0. The van der Waals surface area contributed by atoms with Crippen molar-refractivity contribution in [3.8, 4) is 0 Å². The molecule has 0 aliphatic heterocycles. The van der Waals surface area contributed by atoms with Gasteiger partial charge in [0.1, 0.15) is 0 Å². The molecule has 0 bridgehead atoms. The molecule has 0 saturated heterocycles. The molecule has 0 spiro atoms. The molecular formula is C15H17N3O. The fourth-order valence-electron chi connectivity index (χ4n) is 2.03. The van der Waals surface area contributed by atoms with E-state index in [0.717, 1.165) is 16.8 Å². The summed E-state index contributed by atoms with van der Waals surface area (Å²) in [6.07, 6.45) is 3.53. The molecular weight excluding hydrogens is 238 g/mol. The minimum atomic E-state index is -0.405. The van der Waals surface area contributed by atoms with Crippen LogP contribution in [0.5, 0.6) is 0 Å². The fourth-order valence-corrected chi connectivity index (χ4v) is 2.03. The van der Waals surface area contributed by atoms with E-state index < -0.39 is 5.91 Å². The second-order valence-electron chi connectivity index (χ2n) is 4.49. The Kier molecular flexibility index (Phi) is 3.80. The maximum atomic E-state index is 11.3. The number of primary amides is 1. The van der Waals surface area contributed by atoms with E-state index in [-0.39, 0.29) is 6.04 Å². The smallest absolute Gasteiger partial charge is 0.249 e. The zero-order valence-corrected chi connectivity index (χ0v) is 11.1. The molecule has 1 heterocycles. The summed E-state index contributed by atoms with van der Waals surface area (Å²) in [5.41, 5.74) is 8.82. The predicted octanol–water partition coefficient (Wildman–Crippen LogP) is 2.66. The molecule has 3 N–H and O–H groups in total. The average molecular weight is 255 g/mol. The minimum Gasteiger partial charge on any atom is -0.378 e. The van der Waals surface area contributed by atoms with E-state index >= 15 is 0 Å². The van der Waals surface area contributed by atoms with Gasteiger partial charge in [0.05, 0.1) is 0 Å². The van der Waals surface area contributed by atoms with E-state index in [0.29, 0.717) is 5.56 Å². The van der Waals surface area contributed by atoms with Crippen LogP contribution in [0.25, 0.3) is 0 Å². The second kappa shape index (κ2) is 5.52. The predicted molar refractivity (Wildman–Crippen MR) is 76.0 cm³/mol. The molecule has 1 aromatic heterocycles. The Morgan fingerprint density at radius 1 is 1.26 bits per heavy atom. The van der Waals surface area contributed by atoms with Crippen molar-refractivity contribution in [3.63, 3.8) is 0 Å². The number of hydrogen-bond donors (Lipinski definition) is 2. The van der Waals surface area contributed by atoms with E-state index in [9.17, 15) is 4.79 Å². The highest BCUT2D eigenvalue weighted by molar-refractivity contribution is 5.95. The molecule has 1 amide bonds. The minimum absolute atomic E-state index is 0.129. The maximum absolute atomic E-state index is 11.3. The van der Waals surface area contributed by atoms with Gasteiger partial charge < -0.3 is 11.1 Å². The first-order chi connectivity index (χ1) is 9.09. The maximum Gasteiger partial charge on any atom is 0.249 e. The molecule has 0 radical (unpaired) electrons. The lowest BCUT2D eigenvalue weighted by Crippen LogP contribution is -2.15. The summed E-state index contributed by atoms with van der Waals surface area (Å²) in [6, 6.07) is 9.56. The third kappa shape index (κ3) is 2.91. The highest BCUT2D eigenvalue weighted by atomic mass is 16.1. The molecule has 2 aromatic rings. The third-order valence-corrected chi connectivity index (χ3v) is 3.18. The molecule has 2 rings (SSSR count). The van der Waals surface area contributed by atoms with Gasteiger partial charge in [0.25, 0.3) is 0 Å². The van der Waals surface area contributed by atoms with Crippen LogP contribution in [0.2, 0.25) is 0 Å². The first-order valence-corrected chi connectivity index (χ1v) is 6.15. The van der Waals surface area contributed by atoms with Gasteiger partial charge in [-0.15, -0.1) is 0 Å². The number of carbonyl (C=O) groups excluding carboxylic acids is 1. The summed E-state index contributed by atoms with van der Waals surface area (Å²) in [7, 11) is 0. The topological polar surface area (TPSA) is 68.0 Å². The number of benzene rings is 1. The molecule has 0 aliphatic rings. The van der Waals surface area contributed by atoms with Gasteiger partial charge >= 0.3 is 0 Å². The zero-order valence-electron chi connectivity index (χ0n) is 11.1. The summed E-state index contributed by atoms with van der Waals surface area (Å²) in [4.78, 5) is 15.3. The monoisotopic (exact) mass is 255 g/mol. The van der Waals surface area contributed by atoms with Crippen LogP contribution >= 0.6 is 0 Å². The Hall–Kier alpha value is -2.36. The number of hydrogen-bond acceptors (Lipinski definition) is 3. The van der Waals surface area contributed by atoms with Crippen LogP contribution in [-0.4, -0.2) is 10.9 Å². The van der Waals surface area contributed by atoms with Crippen LogP contribution in [-0.2, 0) is 0 Å². The van der Waals surface area contributed by atoms with Crippen molar-refractivity contribution < 1.29 is 4.79 Å². The molecule has 98 valence electrons. The van der Waals surface area contributed by atoms with Crippen molar-refractivity contribution in [1.29, 1.82) is 0 Å². The number of anilines is 1. The molecule has 0 fully saturated rings. The number of rotatable bonds is 4. The lowest BCUT2D eigenvalue weighted by Gasteiger charge is -2.18. The van der Waals surface area contributed by atoms with E-state index in [1.54, 1.807) is 18.5 Å². The Labute approximate surface area is 112 Å². The van der Waals surface area contributed by atoms with Crippen LogP contribution in [0, 0.1) is 6.92 Å². The second-order valence-corrected chi connectivity index (χ2v) is 4.49. The molecule has 4 nitrogen and oxygen atoms in total. The Balaban J connectivity index is 2.25. The van der Waals surface area contributed by atoms with Gasteiger partial charge in [-0.25, -0.2) is 0 Å². The van der Waals surface area contributed by atoms with Crippen molar-refractivity contribution in [2.45, 2.75) is 19.9 Å². The van der Waals surface area contributed by atoms with Crippen molar-refractivity contribution in [2.75, 3.05) is 5.32 Å². The fraction of sp³-hybridized carbons (Fsp3) is 0.200. The number of carbonyl (C=O) groups is 1. The standard InChI is InChI=1S/C15H17N3O/c1-10-13(15(16)19)4-3-5-14(10)18-11(2)12-6-8-17-9-7-12/h3-9,11,18H,1-2H3,(H2,16,19). The first-order valence-electron chi connectivity index (χ1n) is 6.15. The highest BCUT2D eigenvalue weighted by Crippen LogP contribution is 2.23. The van der Waals surface area contributed by atoms with Crippen LogP contribution in [0.15, 0.2) is 42.7 Å². The summed E-state index contributed by atoms with van der Waals surface area (Å²) in [5, 5.41) is 3.39. The van der Waals surface area contributed by atoms with Crippen molar-refractivity contribution in [2.24, 2.45) is 5.73 Å². The van der Waals surface area contributed by atoms with Crippen LogP contribution in [0.4, 0.5) is 5.69 Å². The van der Waals surface area contributed by atoms with Crippen molar-refractivity contribution in [3.05, 3.63) is 59.4 Å². The van der Waals surface area contributed by atoms with E-state index in [4.69, 9.17) is 5.73 Å². The quantitative estimate of drug-likeness (QED) is 0.882. The largest absolute Gasteiger partial charge is 0.378 e. The van der Waals surface area contributed by atoms with Crippen LogP contribution in [0.3, 0.4) is 0 Å². The molecule has 1 atom stereocenters. The lowest BCUT2D eigenvalue weighted by atomic mass is 10.0. The van der Waals surface area contributed by atoms with Gasteiger partial charge in [-0.05, 0) is 49.2 Å². The van der Waals surface area contributed by atoms with Gasteiger partial charge in [-0.1, -0.05) is 6.07 Å². The zero-order chi connectivity index (χ0) is 13.8. The average Bonchev–Trinajstić information content (AvgIpc) is 2.41. The summed E-state index contributed by atoms with van der Waals surface area (Å²) in [5.74, 6) is -0.405. The third-order valence-electron chi connectivity index (χ3n) is 3.18.